The number of hydrogen-bond acceptors (Lipinski definition) is 3. The van der Waals surface area contributed by atoms with Gasteiger partial charge in [0.2, 0.25) is 0 Å². The monoisotopic (exact) mass is 291 g/mol. The van der Waals surface area contributed by atoms with E-state index in [2.05, 4.69) is 18.7 Å². The lowest BCUT2D eigenvalue weighted by Crippen LogP contribution is -2.25. The molecule has 0 unspecified atom stereocenters. The minimum absolute atomic E-state index is 0.241. The Bertz CT molecular complexity index is 511. The van der Waals surface area contributed by atoms with Gasteiger partial charge in [-0.1, -0.05) is 19.9 Å². The summed E-state index contributed by atoms with van der Waals surface area (Å²) in [5.74, 6) is -0.519. The number of likely N-dealkylation sites (tertiary alicyclic amines) is 1. The SMILES string of the molecule is COc1ccc(CN2CCCC(C)(C)CC2)cc1C(=O)O. The summed E-state index contributed by atoms with van der Waals surface area (Å²) in [5.41, 5.74) is 1.69. The lowest BCUT2D eigenvalue weighted by molar-refractivity contribution is 0.0693. The van der Waals surface area contributed by atoms with Crippen LogP contribution in [0.2, 0.25) is 0 Å². The van der Waals surface area contributed by atoms with Gasteiger partial charge in [-0.05, 0) is 55.5 Å². The molecule has 116 valence electrons. The van der Waals surface area contributed by atoms with E-state index in [9.17, 15) is 9.90 Å². The van der Waals surface area contributed by atoms with Crippen molar-refractivity contribution in [2.45, 2.75) is 39.7 Å². The van der Waals surface area contributed by atoms with Crippen molar-refractivity contribution in [2.24, 2.45) is 5.41 Å². The van der Waals surface area contributed by atoms with Crippen LogP contribution < -0.4 is 4.74 Å². The van der Waals surface area contributed by atoms with Gasteiger partial charge >= 0.3 is 5.97 Å². The molecule has 21 heavy (non-hydrogen) atoms. The fraction of sp³-hybridized carbons (Fsp3) is 0.588. The van der Waals surface area contributed by atoms with E-state index in [1.54, 1.807) is 12.1 Å². The zero-order valence-electron chi connectivity index (χ0n) is 13.2. The Balaban J connectivity index is 2.09. The van der Waals surface area contributed by atoms with Crippen molar-refractivity contribution < 1.29 is 14.6 Å². The molecule has 1 N–H and O–H groups in total. The summed E-state index contributed by atoms with van der Waals surface area (Å²) in [6.45, 7) is 7.61. The summed E-state index contributed by atoms with van der Waals surface area (Å²) >= 11 is 0. The third-order valence-electron chi connectivity index (χ3n) is 4.33. The fourth-order valence-electron chi connectivity index (χ4n) is 2.92. The Morgan fingerprint density at radius 2 is 2.10 bits per heavy atom. The molecule has 2 rings (SSSR count). The van der Waals surface area contributed by atoms with E-state index in [0.717, 1.165) is 25.2 Å². The molecule has 0 bridgehead atoms. The Morgan fingerprint density at radius 3 is 2.76 bits per heavy atom. The minimum Gasteiger partial charge on any atom is -0.496 e. The third-order valence-corrected chi connectivity index (χ3v) is 4.33. The second-order valence-corrected chi connectivity index (χ2v) is 6.63. The van der Waals surface area contributed by atoms with Gasteiger partial charge in [0.15, 0.2) is 0 Å². The molecule has 0 aromatic heterocycles. The quantitative estimate of drug-likeness (QED) is 0.923. The number of ether oxygens (including phenoxy) is 1. The Kier molecular flexibility index (Phi) is 4.88. The van der Waals surface area contributed by atoms with E-state index in [-0.39, 0.29) is 5.56 Å². The highest BCUT2D eigenvalue weighted by atomic mass is 16.5. The summed E-state index contributed by atoms with van der Waals surface area (Å²) in [5, 5.41) is 9.25. The molecule has 1 fully saturated rings. The number of carbonyl (C=O) groups is 1. The van der Waals surface area contributed by atoms with Crippen LogP contribution >= 0.6 is 0 Å². The van der Waals surface area contributed by atoms with Gasteiger partial charge in [-0.3, -0.25) is 4.90 Å². The average Bonchev–Trinajstić information content (AvgIpc) is 2.60. The number of methoxy groups -OCH3 is 1. The van der Waals surface area contributed by atoms with Crippen LogP contribution in [0.25, 0.3) is 0 Å². The van der Waals surface area contributed by atoms with Crippen molar-refractivity contribution in [2.75, 3.05) is 20.2 Å². The molecule has 0 aliphatic carbocycles. The van der Waals surface area contributed by atoms with Crippen LogP contribution in [0.5, 0.6) is 5.75 Å². The Morgan fingerprint density at radius 1 is 1.33 bits per heavy atom. The van der Waals surface area contributed by atoms with Crippen LogP contribution in [0.3, 0.4) is 0 Å². The molecule has 0 atom stereocenters. The maximum absolute atomic E-state index is 11.3. The minimum atomic E-state index is -0.939. The molecule has 1 heterocycles. The Labute approximate surface area is 126 Å². The number of carboxylic acid groups (broad SMARTS) is 1. The number of aromatic carboxylic acids is 1. The second-order valence-electron chi connectivity index (χ2n) is 6.63. The maximum Gasteiger partial charge on any atom is 0.339 e. The number of hydrogen-bond donors (Lipinski definition) is 1. The lowest BCUT2D eigenvalue weighted by Gasteiger charge is -2.23. The molecule has 1 aliphatic rings. The maximum atomic E-state index is 11.3. The summed E-state index contributed by atoms with van der Waals surface area (Å²) in [6.07, 6.45) is 3.65. The van der Waals surface area contributed by atoms with Crippen molar-refractivity contribution in [3.63, 3.8) is 0 Å². The van der Waals surface area contributed by atoms with Gasteiger partial charge in [0.1, 0.15) is 11.3 Å². The average molecular weight is 291 g/mol. The third kappa shape index (κ3) is 4.21. The van der Waals surface area contributed by atoms with E-state index in [1.165, 1.54) is 26.4 Å². The molecular weight excluding hydrogens is 266 g/mol. The van der Waals surface area contributed by atoms with Gasteiger partial charge in [0, 0.05) is 6.54 Å². The summed E-state index contributed by atoms with van der Waals surface area (Å²) in [7, 11) is 1.50. The van der Waals surface area contributed by atoms with Crippen molar-refractivity contribution in [1.82, 2.24) is 4.90 Å². The van der Waals surface area contributed by atoms with Crippen LogP contribution in [-0.4, -0.2) is 36.2 Å². The first-order chi connectivity index (χ1) is 9.91. The zero-order valence-corrected chi connectivity index (χ0v) is 13.2. The topological polar surface area (TPSA) is 49.8 Å². The van der Waals surface area contributed by atoms with Gasteiger partial charge in [0.25, 0.3) is 0 Å². The van der Waals surface area contributed by atoms with Crippen molar-refractivity contribution in [3.05, 3.63) is 29.3 Å². The molecule has 1 aromatic rings. The molecule has 1 aromatic carbocycles. The van der Waals surface area contributed by atoms with Gasteiger partial charge in [-0.25, -0.2) is 4.79 Å². The normalized spacial score (nSPS) is 19.0. The van der Waals surface area contributed by atoms with E-state index in [0.29, 0.717) is 11.2 Å². The second kappa shape index (κ2) is 6.48. The predicted molar refractivity (Wildman–Crippen MR) is 82.9 cm³/mol. The lowest BCUT2D eigenvalue weighted by atomic mass is 9.85. The van der Waals surface area contributed by atoms with Gasteiger partial charge in [-0.15, -0.1) is 0 Å². The van der Waals surface area contributed by atoms with Crippen molar-refractivity contribution >= 4 is 5.97 Å². The molecule has 1 aliphatic heterocycles. The smallest absolute Gasteiger partial charge is 0.339 e. The van der Waals surface area contributed by atoms with Gasteiger partial charge in [-0.2, -0.15) is 0 Å². The standard InChI is InChI=1S/C17H25NO3/c1-17(2)7-4-9-18(10-8-17)12-13-5-6-15(21-3)14(11-13)16(19)20/h5-6,11H,4,7-10,12H2,1-3H3,(H,19,20). The number of benzene rings is 1. The molecule has 4 heteroatoms. The number of nitrogens with zero attached hydrogens (tertiary/aromatic N) is 1. The highest BCUT2D eigenvalue weighted by Gasteiger charge is 2.23. The van der Waals surface area contributed by atoms with Crippen LogP contribution in [0, 0.1) is 5.41 Å². The van der Waals surface area contributed by atoms with Crippen LogP contribution in [0.4, 0.5) is 0 Å². The van der Waals surface area contributed by atoms with Crippen LogP contribution in [-0.2, 0) is 6.54 Å². The molecule has 0 spiro atoms. The zero-order chi connectivity index (χ0) is 15.5. The van der Waals surface area contributed by atoms with E-state index in [4.69, 9.17) is 4.74 Å². The fourth-order valence-corrected chi connectivity index (χ4v) is 2.92. The highest BCUT2D eigenvalue weighted by Crippen LogP contribution is 2.30. The molecule has 0 amide bonds. The Hall–Kier alpha value is -1.55. The first-order valence-electron chi connectivity index (χ1n) is 7.54. The van der Waals surface area contributed by atoms with Crippen LogP contribution in [0.1, 0.15) is 49.0 Å². The first-order valence-corrected chi connectivity index (χ1v) is 7.54. The molecular formula is C17H25NO3. The van der Waals surface area contributed by atoms with E-state index < -0.39 is 5.97 Å². The van der Waals surface area contributed by atoms with Gasteiger partial charge in [0.05, 0.1) is 7.11 Å². The molecule has 4 nitrogen and oxygen atoms in total. The molecule has 1 saturated heterocycles. The summed E-state index contributed by atoms with van der Waals surface area (Å²) < 4.78 is 5.10. The van der Waals surface area contributed by atoms with Crippen LogP contribution in [0.15, 0.2) is 18.2 Å². The first kappa shape index (κ1) is 15.8. The predicted octanol–water partition coefficient (Wildman–Crippen LogP) is 3.41. The van der Waals surface area contributed by atoms with Crippen molar-refractivity contribution in [3.8, 4) is 5.75 Å². The number of carboxylic acids is 1. The van der Waals surface area contributed by atoms with Crippen molar-refractivity contribution in [1.29, 1.82) is 0 Å². The largest absolute Gasteiger partial charge is 0.496 e. The van der Waals surface area contributed by atoms with E-state index >= 15 is 0 Å². The van der Waals surface area contributed by atoms with Gasteiger partial charge < -0.3 is 9.84 Å². The summed E-state index contributed by atoms with van der Waals surface area (Å²) in [6, 6.07) is 5.44. The number of rotatable bonds is 4. The molecule has 0 saturated carbocycles. The summed E-state index contributed by atoms with van der Waals surface area (Å²) in [4.78, 5) is 13.7. The highest BCUT2D eigenvalue weighted by molar-refractivity contribution is 5.91. The molecule has 0 radical (unpaired) electrons. The van der Waals surface area contributed by atoms with E-state index in [1.807, 2.05) is 6.07 Å².